The Morgan fingerprint density at radius 1 is 0.301 bits per heavy atom. The van der Waals surface area contributed by atoms with Crippen molar-refractivity contribution in [2.75, 3.05) is 13.2 Å². The molecule has 0 aliphatic carbocycles. The predicted molar refractivity (Wildman–Crippen MR) is 412 cm³/mol. The van der Waals surface area contributed by atoms with Gasteiger partial charge >= 0.3 is 5.97 Å². The number of hydrogen-bond acceptors (Lipinski definition) is 5. The van der Waals surface area contributed by atoms with Crippen LogP contribution in [0.5, 0.6) is 0 Å². The molecule has 93 heavy (non-hydrogen) atoms. The van der Waals surface area contributed by atoms with Crippen LogP contribution in [0.25, 0.3) is 0 Å². The summed E-state index contributed by atoms with van der Waals surface area (Å²) in [4.78, 5) is 24.7. The fourth-order valence-electron chi connectivity index (χ4n) is 13.1. The SMILES string of the molecule is CCCCCC/C=C\C/C=C\CCCCCCCCCC(=O)OCCCCCCCCCCCCC/C=C\C/C=C\CCCCCCCCCCCCCCCCCCCC(=O)NC(CO)C(O)/C=C/CCCCCCCCCCCCCCCCCCCCCCC. The van der Waals surface area contributed by atoms with Gasteiger partial charge in [0.05, 0.1) is 25.4 Å². The molecule has 0 aliphatic rings. The minimum Gasteiger partial charge on any atom is -0.466 e. The van der Waals surface area contributed by atoms with Crippen LogP contribution in [0.15, 0.2) is 60.8 Å². The van der Waals surface area contributed by atoms with Crippen LogP contribution >= 0.6 is 0 Å². The Morgan fingerprint density at radius 3 is 0.828 bits per heavy atom. The first-order valence-corrected chi connectivity index (χ1v) is 42.1. The molecule has 0 aromatic heterocycles. The van der Waals surface area contributed by atoms with E-state index in [4.69, 9.17) is 4.74 Å². The van der Waals surface area contributed by atoms with Crippen LogP contribution in [0.4, 0.5) is 0 Å². The third-order valence-electron chi connectivity index (χ3n) is 19.5. The molecule has 0 aromatic rings. The third-order valence-corrected chi connectivity index (χ3v) is 19.5. The number of allylic oxidation sites excluding steroid dienone is 9. The van der Waals surface area contributed by atoms with Crippen molar-refractivity contribution in [3.05, 3.63) is 60.8 Å². The van der Waals surface area contributed by atoms with Crippen molar-refractivity contribution in [1.82, 2.24) is 5.32 Å². The summed E-state index contributed by atoms with van der Waals surface area (Å²) in [6.07, 6.45) is 111. The lowest BCUT2D eigenvalue weighted by molar-refractivity contribution is -0.143. The Morgan fingerprint density at radius 2 is 0.538 bits per heavy atom. The highest BCUT2D eigenvalue weighted by molar-refractivity contribution is 5.76. The summed E-state index contributed by atoms with van der Waals surface area (Å²) in [7, 11) is 0. The molecule has 0 aliphatic heterocycles. The van der Waals surface area contributed by atoms with Crippen LogP contribution in [-0.4, -0.2) is 47.4 Å². The van der Waals surface area contributed by atoms with E-state index in [9.17, 15) is 19.8 Å². The van der Waals surface area contributed by atoms with Crippen LogP contribution in [0.2, 0.25) is 0 Å². The number of aliphatic hydroxyl groups excluding tert-OH is 2. The molecule has 1 amide bonds. The minimum absolute atomic E-state index is 0.00961. The Bertz CT molecular complexity index is 1600. The van der Waals surface area contributed by atoms with Crippen LogP contribution in [0.3, 0.4) is 0 Å². The molecule has 0 saturated carbocycles. The number of hydrogen-bond donors (Lipinski definition) is 3. The first-order valence-electron chi connectivity index (χ1n) is 42.1. The van der Waals surface area contributed by atoms with Crippen molar-refractivity contribution in [2.24, 2.45) is 0 Å². The molecule has 0 fully saturated rings. The minimum atomic E-state index is -0.845. The van der Waals surface area contributed by atoms with E-state index in [1.54, 1.807) is 6.08 Å². The Kier molecular flexibility index (Phi) is 79.8. The lowest BCUT2D eigenvalue weighted by atomic mass is 10.0. The van der Waals surface area contributed by atoms with E-state index in [1.165, 1.54) is 372 Å². The zero-order chi connectivity index (χ0) is 67.0. The lowest BCUT2D eigenvalue weighted by Gasteiger charge is -2.20. The normalized spacial score (nSPS) is 12.8. The van der Waals surface area contributed by atoms with Crippen LogP contribution < -0.4 is 5.32 Å². The van der Waals surface area contributed by atoms with Gasteiger partial charge in [0.2, 0.25) is 5.91 Å². The number of carbonyl (C=O) groups excluding carboxylic acids is 2. The molecule has 0 aromatic carbocycles. The molecular weight excluding hydrogens is 1140 g/mol. The summed E-state index contributed by atoms with van der Waals surface area (Å²) in [6.45, 7) is 4.93. The number of carbonyl (C=O) groups is 2. The monoisotopic (exact) mass is 1300 g/mol. The number of esters is 1. The third kappa shape index (κ3) is 78.4. The summed E-state index contributed by atoms with van der Waals surface area (Å²) in [5.41, 5.74) is 0. The summed E-state index contributed by atoms with van der Waals surface area (Å²) >= 11 is 0. The molecule has 546 valence electrons. The molecule has 6 nitrogen and oxygen atoms in total. The first-order chi connectivity index (χ1) is 46.0. The molecule has 0 bridgehead atoms. The molecule has 2 atom stereocenters. The lowest BCUT2D eigenvalue weighted by Crippen LogP contribution is -2.45. The Labute approximate surface area is 581 Å². The summed E-state index contributed by atoms with van der Waals surface area (Å²) in [5, 5.41) is 23.3. The number of nitrogens with one attached hydrogen (secondary N) is 1. The standard InChI is InChI=1S/C87H163NO5/c1-3-5-7-9-11-13-15-17-19-21-23-24-38-41-44-47-51-55-59-63-67-71-75-79-85(90)84(83-89)88-86(91)80-76-72-68-64-60-56-52-48-45-42-39-36-34-32-30-28-26-25-27-29-31-33-35-37-40-43-46-50-54-58-62-66-70-74-78-82-93-87(92)81-77-73-69-65-61-57-53-49-22-20-18-16-14-12-10-8-6-4-2/h14,16,20,22,27,29,33,35,75,79,84-85,89-90H,3-13,15,17-19,21,23-26,28,30-32,34,36-74,76-78,80-83H2,1-2H3,(H,88,91)/b16-14-,22-20-,29-27-,35-33-,79-75+. The Balaban J connectivity index is 3.39. The maximum atomic E-state index is 12.6. The molecule has 0 heterocycles. The number of amides is 1. The van der Waals surface area contributed by atoms with Crippen molar-refractivity contribution in [3.8, 4) is 0 Å². The van der Waals surface area contributed by atoms with Gasteiger partial charge in [0.25, 0.3) is 0 Å². The van der Waals surface area contributed by atoms with E-state index in [0.717, 1.165) is 57.8 Å². The quantitative estimate of drug-likeness (QED) is 0.0320. The van der Waals surface area contributed by atoms with Crippen molar-refractivity contribution < 1.29 is 24.5 Å². The van der Waals surface area contributed by atoms with Crippen LogP contribution in [0, 0.1) is 0 Å². The zero-order valence-electron chi connectivity index (χ0n) is 62.8. The van der Waals surface area contributed by atoms with Gasteiger partial charge in [0.15, 0.2) is 0 Å². The van der Waals surface area contributed by atoms with E-state index in [1.807, 2.05) is 6.08 Å². The fourth-order valence-corrected chi connectivity index (χ4v) is 13.1. The van der Waals surface area contributed by atoms with E-state index in [-0.39, 0.29) is 18.5 Å². The van der Waals surface area contributed by atoms with E-state index in [2.05, 4.69) is 67.8 Å². The molecule has 0 spiro atoms. The summed E-state index contributed by atoms with van der Waals surface area (Å²) in [6, 6.07) is -0.629. The molecule has 0 rings (SSSR count). The summed E-state index contributed by atoms with van der Waals surface area (Å²) in [5.74, 6) is -0.0516. The van der Waals surface area contributed by atoms with Crippen molar-refractivity contribution in [2.45, 2.75) is 469 Å². The van der Waals surface area contributed by atoms with Crippen LogP contribution in [-0.2, 0) is 14.3 Å². The van der Waals surface area contributed by atoms with Gasteiger partial charge in [-0.15, -0.1) is 0 Å². The van der Waals surface area contributed by atoms with E-state index >= 15 is 0 Å². The van der Waals surface area contributed by atoms with E-state index < -0.39 is 12.1 Å². The average molecular weight is 1300 g/mol. The largest absolute Gasteiger partial charge is 0.466 e. The number of aliphatic hydroxyl groups is 2. The smallest absolute Gasteiger partial charge is 0.305 e. The predicted octanol–water partition coefficient (Wildman–Crippen LogP) is 28.1. The molecule has 2 unspecified atom stereocenters. The van der Waals surface area contributed by atoms with Gasteiger partial charge in [-0.1, -0.05) is 408 Å². The van der Waals surface area contributed by atoms with Crippen molar-refractivity contribution in [3.63, 3.8) is 0 Å². The highest BCUT2D eigenvalue weighted by Gasteiger charge is 2.18. The summed E-state index contributed by atoms with van der Waals surface area (Å²) < 4.78 is 5.51. The number of ether oxygens (including phenoxy) is 1. The van der Waals surface area contributed by atoms with Gasteiger partial charge in [0.1, 0.15) is 0 Å². The Hall–Kier alpha value is -2.44. The van der Waals surface area contributed by atoms with Gasteiger partial charge in [-0.05, 0) is 96.3 Å². The molecule has 3 N–H and O–H groups in total. The highest BCUT2D eigenvalue weighted by Crippen LogP contribution is 2.20. The maximum Gasteiger partial charge on any atom is 0.305 e. The second-order valence-electron chi connectivity index (χ2n) is 28.8. The first kappa shape index (κ1) is 90.6. The van der Waals surface area contributed by atoms with Crippen molar-refractivity contribution in [1.29, 1.82) is 0 Å². The number of rotatable bonds is 79. The average Bonchev–Trinajstić information content (AvgIpc) is 3.72. The van der Waals surface area contributed by atoms with Gasteiger partial charge in [-0.2, -0.15) is 0 Å². The van der Waals surface area contributed by atoms with Crippen molar-refractivity contribution >= 4 is 11.9 Å². The highest BCUT2D eigenvalue weighted by atomic mass is 16.5. The van der Waals surface area contributed by atoms with Gasteiger partial charge in [-0.25, -0.2) is 0 Å². The second-order valence-corrected chi connectivity index (χ2v) is 28.8. The molecule has 0 saturated heterocycles. The van der Waals surface area contributed by atoms with E-state index in [0.29, 0.717) is 19.4 Å². The zero-order valence-corrected chi connectivity index (χ0v) is 62.8. The molecule has 0 radical (unpaired) electrons. The van der Waals surface area contributed by atoms with Gasteiger partial charge in [0, 0.05) is 12.8 Å². The van der Waals surface area contributed by atoms with Gasteiger partial charge in [-0.3, -0.25) is 9.59 Å². The topological polar surface area (TPSA) is 95.9 Å². The van der Waals surface area contributed by atoms with Gasteiger partial charge < -0.3 is 20.3 Å². The fraction of sp³-hybridized carbons (Fsp3) is 0.862. The molecular formula is C87H163NO5. The maximum absolute atomic E-state index is 12.6. The molecule has 6 heteroatoms. The van der Waals surface area contributed by atoms with Crippen LogP contribution in [0.1, 0.15) is 457 Å². The number of unbranched alkanes of at least 4 members (excludes halogenated alkanes) is 60. The second kappa shape index (κ2) is 82.0.